The lowest BCUT2D eigenvalue weighted by Gasteiger charge is -2.15. The average molecular weight is 297 g/mol. The van der Waals surface area contributed by atoms with Crippen molar-refractivity contribution >= 4 is 23.2 Å². The second-order valence-electron chi connectivity index (χ2n) is 2.61. The normalized spacial score (nSPS) is 11.8. The van der Waals surface area contributed by atoms with Crippen LogP contribution in [0.2, 0.25) is 10.0 Å². The Morgan fingerprint density at radius 3 is 2.18 bits per heavy atom. The molecule has 0 saturated heterocycles. The summed E-state index contributed by atoms with van der Waals surface area (Å²) >= 11 is 10.8. The van der Waals surface area contributed by atoms with Crippen LogP contribution in [0.1, 0.15) is 0 Å². The van der Waals surface area contributed by atoms with Gasteiger partial charge in [-0.3, -0.25) is 0 Å². The van der Waals surface area contributed by atoms with E-state index < -0.39 is 29.5 Å². The molecule has 0 aliphatic carbocycles. The van der Waals surface area contributed by atoms with Gasteiger partial charge in [0.2, 0.25) is 0 Å². The fourth-order valence-electron chi connectivity index (χ4n) is 0.914. The van der Waals surface area contributed by atoms with Crippen molar-refractivity contribution < 1.29 is 31.4 Å². The van der Waals surface area contributed by atoms with Gasteiger partial charge in [0.25, 0.3) is 0 Å². The van der Waals surface area contributed by atoms with E-state index in [0.29, 0.717) is 0 Å². The maximum absolute atomic E-state index is 12.0. The summed E-state index contributed by atoms with van der Waals surface area (Å²) in [4.78, 5) is 0. The molecule has 0 N–H and O–H groups in total. The van der Waals surface area contributed by atoms with Crippen LogP contribution < -0.4 is 9.47 Å². The van der Waals surface area contributed by atoms with Gasteiger partial charge in [0.1, 0.15) is 5.02 Å². The van der Waals surface area contributed by atoms with Gasteiger partial charge in [-0.05, 0) is 12.1 Å². The minimum atomic E-state index is -5.10. The van der Waals surface area contributed by atoms with E-state index >= 15 is 0 Å². The lowest BCUT2D eigenvalue weighted by Crippen LogP contribution is -2.18. The highest BCUT2D eigenvalue weighted by molar-refractivity contribution is 6.43. The molecule has 1 aromatic rings. The molecular formula is C8H3Cl2F5O2. The van der Waals surface area contributed by atoms with Crippen molar-refractivity contribution in [1.82, 2.24) is 0 Å². The summed E-state index contributed by atoms with van der Waals surface area (Å²) in [5, 5.41) is -0.949. The number of halogens is 7. The summed E-state index contributed by atoms with van der Waals surface area (Å²) < 4.78 is 67.2. The van der Waals surface area contributed by atoms with Gasteiger partial charge in [-0.1, -0.05) is 23.2 Å². The summed E-state index contributed by atoms with van der Waals surface area (Å²) in [6.07, 6.45) is -5.10. The van der Waals surface area contributed by atoms with Gasteiger partial charge >= 0.3 is 13.0 Å². The van der Waals surface area contributed by atoms with Crippen molar-refractivity contribution in [3.05, 3.63) is 22.2 Å². The number of rotatable bonds is 3. The van der Waals surface area contributed by atoms with Gasteiger partial charge in [-0.25, -0.2) is 0 Å². The van der Waals surface area contributed by atoms with Crippen LogP contribution in [0, 0.1) is 0 Å². The molecule has 1 rings (SSSR count). The molecule has 0 bridgehead atoms. The van der Waals surface area contributed by atoms with Gasteiger partial charge in [0.15, 0.2) is 11.5 Å². The van der Waals surface area contributed by atoms with E-state index in [0.717, 1.165) is 12.1 Å². The van der Waals surface area contributed by atoms with Crippen molar-refractivity contribution in [2.45, 2.75) is 13.0 Å². The Labute approximate surface area is 102 Å². The highest BCUT2D eigenvalue weighted by atomic mass is 35.5. The molecule has 2 nitrogen and oxygen atoms in total. The molecule has 0 heterocycles. The van der Waals surface area contributed by atoms with Crippen molar-refractivity contribution in [2.24, 2.45) is 0 Å². The Morgan fingerprint density at radius 1 is 1.12 bits per heavy atom. The summed E-state index contributed by atoms with van der Waals surface area (Å²) in [5.74, 6) is -1.96. The average Bonchev–Trinajstić information content (AvgIpc) is 2.15. The van der Waals surface area contributed by atoms with Crippen LogP contribution in [-0.2, 0) is 0 Å². The zero-order chi connectivity index (χ0) is 13.2. The minimum absolute atomic E-state index is 0.285. The number of hydrogen-bond donors (Lipinski definition) is 0. The molecule has 0 atom stereocenters. The number of benzene rings is 1. The molecule has 0 saturated carbocycles. The fraction of sp³-hybridized carbons (Fsp3) is 0.250. The van der Waals surface area contributed by atoms with E-state index in [1.165, 1.54) is 0 Å². The predicted molar refractivity (Wildman–Crippen MR) is 49.8 cm³/mol. The largest absolute Gasteiger partial charge is 0.573 e. The lowest BCUT2D eigenvalue weighted by molar-refractivity contribution is -0.275. The summed E-state index contributed by atoms with van der Waals surface area (Å²) in [5.41, 5.74) is 0. The van der Waals surface area contributed by atoms with E-state index in [2.05, 4.69) is 9.47 Å². The first kappa shape index (κ1) is 14.1. The monoisotopic (exact) mass is 296 g/mol. The molecule has 9 heteroatoms. The molecule has 0 amide bonds. The number of ether oxygens (including phenoxy) is 2. The molecule has 0 fully saturated rings. The molecule has 1 aromatic carbocycles. The van der Waals surface area contributed by atoms with E-state index in [4.69, 9.17) is 23.2 Å². The lowest BCUT2D eigenvalue weighted by atomic mass is 10.3. The van der Waals surface area contributed by atoms with E-state index in [1.807, 2.05) is 0 Å². The van der Waals surface area contributed by atoms with Crippen molar-refractivity contribution in [3.63, 3.8) is 0 Å². The Kier molecular flexibility index (Phi) is 4.26. The first-order chi connectivity index (χ1) is 7.70. The molecule has 0 unspecified atom stereocenters. The third kappa shape index (κ3) is 4.08. The highest BCUT2D eigenvalue weighted by Gasteiger charge is 2.34. The standard InChI is InChI=1S/C8H3Cl2F5O2/c9-3-1-2-4(16-7(11)12)6(5(3)10)17-8(13,14)15/h1-2,7H. The molecule has 17 heavy (non-hydrogen) atoms. The molecule has 0 spiro atoms. The Hall–Kier alpha value is -0.950. The van der Waals surface area contributed by atoms with E-state index in [-0.39, 0.29) is 5.02 Å². The Bertz CT molecular complexity index is 408. The van der Waals surface area contributed by atoms with Crippen LogP contribution in [0.4, 0.5) is 22.0 Å². The van der Waals surface area contributed by atoms with Crippen LogP contribution in [0.3, 0.4) is 0 Å². The zero-order valence-corrected chi connectivity index (χ0v) is 9.21. The van der Waals surface area contributed by atoms with Gasteiger partial charge in [0.05, 0.1) is 5.02 Å². The van der Waals surface area contributed by atoms with Crippen LogP contribution in [-0.4, -0.2) is 13.0 Å². The molecule has 0 radical (unpaired) electrons. The van der Waals surface area contributed by atoms with E-state index in [1.54, 1.807) is 0 Å². The second kappa shape index (κ2) is 5.14. The Balaban J connectivity index is 3.17. The zero-order valence-electron chi connectivity index (χ0n) is 7.69. The molecule has 0 aliphatic rings. The van der Waals surface area contributed by atoms with Gasteiger partial charge in [-0.15, -0.1) is 13.2 Å². The van der Waals surface area contributed by atoms with Crippen LogP contribution >= 0.6 is 23.2 Å². The van der Waals surface area contributed by atoms with Gasteiger partial charge < -0.3 is 9.47 Å². The number of hydrogen-bond acceptors (Lipinski definition) is 2. The summed E-state index contributed by atoms with van der Waals surface area (Å²) in [6.45, 7) is -3.32. The fourth-order valence-corrected chi connectivity index (χ4v) is 1.26. The third-order valence-electron chi connectivity index (χ3n) is 1.45. The minimum Gasteiger partial charge on any atom is -0.431 e. The molecule has 96 valence electrons. The highest BCUT2D eigenvalue weighted by Crippen LogP contribution is 2.42. The molecular weight excluding hydrogens is 294 g/mol. The third-order valence-corrected chi connectivity index (χ3v) is 2.23. The SMILES string of the molecule is FC(F)Oc1ccc(Cl)c(Cl)c1OC(F)(F)F. The van der Waals surface area contributed by atoms with E-state index in [9.17, 15) is 22.0 Å². The van der Waals surface area contributed by atoms with Gasteiger partial charge in [0, 0.05) is 0 Å². The van der Waals surface area contributed by atoms with Crippen molar-refractivity contribution in [1.29, 1.82) is 0 Å². The van der Waals surface area contributed by atoms with Crippen molar-refractivity contribution in [3.8, 4) is 11.5 Å². The topological polar surface area (TPSA) is 18.5 Å². The Morgan fingerprint density at radius 2 is 1.71 bits per heavy atom. The summed E-state index contributed by atoms with van der Waals surface area (Å²) in [6, 6.07) is 1.80. The van der Waals surface area contributed by atoms with Crippen LogP contribution in [0.25, 0.3) is 0 Å². The predicted octanol–water partition coefficient (Wildman–Crippen LogP) is 4.49. The maximum Gasteiger partial charge on any atom is 0.573 e. The van der Waals surface area contributed by atoms with Gasteiger partial charge in [-0.2, -0.15) is 8.78 Å². The first-order valence-electron chi connectivity index (χ1n) is 3.89. The second-order valence-corrected chi connectivity index (χ2v) is 3.40. The van der Waals surface area contributed by atoms with Crippen LogP contribution in [0.15, 0.2) is 12.1 Å². The summed E-state index contributed by atoms with van der Waals surface area (Å²) in [7, 11) is 0. The maximum atomic E-state index is 12.0. The van der Waals surface area contributed by atoms with Crippen molar-refractivity contribution in [2.75, 3.05) is 0 Å². The van der Waals surface area contributed by atoms with Crippen LogP contribution in [0.5, 0.6) is 11.5 Å². The smallest absolute Gasteiger partial charge is 0.431 e. The molecule has 0 aromatic heterocycles. The first-order valence-corrected chi connectivity index (χ1v) is 4.65. The number of alkyl halides is 5. The quantitative estimate of drug-likeness (QED) is 0.765. The molecule has 0 aliphatic heterocycles.